The van der Waals surface area contributed by atoms with Crippen molar-refractivity contribution >= 4 is 11.6 Å². The van der Waals surface area contributed by atoms with Crippen LogP contribution in [-0.4, -0.2) is 28.8 Å². The van der Waals surface area contributed by atoms with Crippen molar-refractivity contribution in [1.82, 2.24) is 4.90 Å². The van der Waals surface area contributed by atoms with Gasteiger partial charge >= 0.3 is 0 Å². The van der Waals surface area contributed by atoms with Crippen LogP contribution in [0.25, 0.3) is 0 Å². The monoisotopic (exact) mass is 249 g/mol. The van der Waals surface area contributed by atoms with Crippen LogP contribution in [0.3, 0.4) is 0 Å². The largest absolute Gasteiger partial charge is 0.334 e. The minimum Gasteiger partial charge on any atom is -0.334 e. The highest BCUT2D eigenvalue weighted by Gasteiger charge is 2.12. The third kappa shape index (κ3) is 3.67. The van der Waals surface area contributed by atoms with Gasteiger partial charge in [0.05, 0.1) is 11.5 Å². The van der Waals surface area contributed by atoms with Crippen LogP contribution >= 0.6 is 0 Å². The Balaban J connectivity index is 2.86. The Bertz CT molecular complexity index is 460. The fraction of sp³-hybridized carbons (Fsp3) is 0.250. The van der Waals surface area contributed by atoms with Gasteiger partial charge in [-0.25, -0.2) is 0 Å². The number of nitrogens with two attached hydrogens (primary N) is 1. The lowest BCUT2D eigenvalue weighted by atomic mass is 10.2. The smallest absolute Gasteiger partial charge is 0.269 e. The second-order valence-electron chi connectivity index (χ2n) is 3.69. The van der Waals surface area contributed by atoms with Crippen molar-refractivity contribution in [3.05, 3.63) is 52.6 Å². The number of nitro groups is 1. The number of rotatable bonds is 6. The minimum atomic E-state index is -0.466. The van der Waals surface area contributed by atoms with Crippen LogP contribution in [0, 0.1) is 10.1 Å². The lowest BCUT2D eigenvalue weighted by Crippen LogP contribution is -2.35. The Labute approximate surface area is 105 Å². The summed E-state index contributed by atoms with van der Waals surface area (Å²) in [5.41, 5.74) is 5.99. The van der Waals surface area contributed by atoms with E-state index in [9.17, 15) is 14.9 Å². The number of hydrogen-bond acceptors (Lipinski definition) is 4. The SMILES string of the molecule is C=CCN(Cc1cccc([N+](=O)[O-])c1)C(=O)CN. The summed E-state index contributed by atoms with van der Waals surface area (Å²) in [6.07, 6.45) is 1.59. The van der Waals surface area contributed by atoms with Crippen LogP contribution in [0.1, 0.15) is 5.56 Å². The second-order valence-corrected chi connectivity index (χ2v) is 3.69. The predicted molar refractivity (Wildman–Crippen MR) is 67.8 cm³/mol. The van der Waals surface area contributed by atoms with E-state index in [1.165, 1.54) is 17.0 Å². The van der Waals surface area contributed by atoms with Gasteiger partial charge in [0.15, 0.2) is 0 Å². The fourth-order valence-corrected chi connectivity index (χ4v) is 1.53. The Hall–Kier alpha value is -2.21. The van der Waals surface area contributed by atoms with Gasteiger partial charge in [0.1, 0.15) is 0 Å². The molecule has 2 N–H and O–H groups in total. The van der Waals surface area contributed by atoms with Crippen LogP contribution in [0.2, 0.25) is 0 Å². The van der Waals surface area contributed by atoms with Gasteiger partial charge < -0.3 is 10.6 Å². The van der Waals surface area contributed by atoms with E-state index in [-0.39, 0.29) is 24.7 Å². The molecule has 1 amide bonds. The Kier molecular flexibility index (Phi) is 5.01. The van der Waals surface area contributed by atoms with Gasteiger partial charge in [0.2, 0.25) is 5.91 Å². The first-order valence-electron chi connectivity index (χ1n) is 5.40. The normalized spacial score (nSPS) is 9.83. The summed E-state index contributed by atoms with van der Waals surface area (Å²) in [6, 6.07) is 6.17. The molecule has 0 aliphatic carbocycles. The van der Waals surface area contributed by atoms with Gasteiger partial charge in [-0.15, -0.1) is 6.58 Å². The minimum absolute atomic E-state index is 0.00579. The summed E-state index contributed by atoms with van der Waals surface area (Å²) in [4.78, 5) is 23.2. The van der Waals surface area contributed by atoms with E-state index < -0.39 is 4.92 Å². The molecular formula is C12H15N3O3. The molecule has 1 aromatic rings. The number of carbonyl (C=O) groups excluding carboxylic acids is 1. The van der Waals surface area contributed by atoms with Crippen LogP contribution in [-0.2, 0) is 11.3 Å². The second kappa shape index (κ2) is 6.51. The van der Waals surface area contributed by atoms with Crippen molar-refractivity contribution in [3.63, 3.8) is 0 Å². The van der Waals surface area contributed by atoms with Crippen LogP contribution < -0.4 is 5.73 Å². The number of amides is 1. The molecule has 0 aliphatic rings. The first-order chi connectivity index (χ1) is 8.58. The molecule has 0 aromatic heterocycles. The molecule has 6 heteroatoms. The molecule has 0 atom stereocenters. The number of carbonyl (C=O) groups is 1. The van der Waals surface area contributed by atoms with Crippen molar-refractivity contribution < 1.29 is 9.72 Å². The average Bonchev–Trinajstić information content (AvgIpc) is 2.37. The van der Waals surface area contributed by atoms with E-state index in [0.29, 0.717) is 12.1 Å². The number of benzene rings is 1. The Morgan fingerprint density at radius 1 is 1.56 bits per heavy atom. The van der Waals surface area contributed by atoms with E-state index in [4.69, 9.17) is 5.73 Å². The molecule has 0 bridgehead atoms. The summed E-state index contributed by atoms with van der Waals surface area (Å²) in [5.74, 6) is -0.221. The van der Waals surface area contributed by atoms with E-state index >= 15 is 0 Å². The fourth-order valence-electron chi connectivity index (χ4n) is 1.53. The van der Waals surface area contributed by atoms with Gasteiger partial charge in [-0.2, -0.15) is 0 Å². The van der Waals surface area contributed by atoms with E-state index in [1.807, 2.05) is 0 Å². The molecule has 1 aromatic carbocycles. The molecule has 1 rings (SSSR count). The summed E-state index contributed by atoms with van der Waals surface area (Å²) in [5, 5.41) is 10.6. The van der Waals surface area contributed by atoms with Crippen molar-refractivity contribution in [3.8, 4) is 0 Å². The highest BCUT2D eigenvalue weighted by atomic mass is 16.6. The highest BCUT2D eigenvalue weighted by molar-refractivity contribution is 5.78. The van der Waals surface area contributed by atoms with Gasteiger partial charge in [-0.3, -0.25) is 14.9 Å². The molecule has 0 spiro atoms. The van der Waals surface area contributed by atoms with Crippen molar-refractivity contribution in [2.75, 3.05) is 13.1 Å². The summed E-state index contributed by atoms with van der Waals surface area (Å²) >= 11 is 0. The lowest BCUT2D eigenvalue weighted by molar-refractivity contribution is -0.384. The van der Waals surface area contributed by atoms with E-state index in [0.717, 1.165) is 0 Å². The summed E-state index contributed by atoms with van der Waals surface area (Å²) in [6.45, 7) is 4.11. The van der Waals surface area contributed by atoms with Gasteiger partial charge in [-0.1, -0.05) is 18.2 Å². The Morgan fingerprint density at radius 3 is 2.83 bits per heavy atom. The average molecular weight is 249 g/mol. The molecule has 96 valence electrons. The number of hydrogen-bond donors (Lipinski definition) is 1. The third-order valence-electron chi connectivity index (χ3n) is 2.37. The maximum absolute atomic E-state index is 11.5. The number of nitrogens with zero attached hydrogens (tertiary/aromatic N) is 2. The van der Waals surface area contributed by atoms with Gasteiger partial charge in [-0.05, 0) is 5.56 Å². The first kappa shape index (κ1) is 13.9. The van der Waals surface area contributed by atoms with Crippen LogP contribution in [0.4, 0.5) is 5.69 Å². The molecular weight excluding hydrogens is 234 g/mol. The van der Waals surface area contributed by atoms with Crippen molar-refractivity contribution in [2.45, 2.75) is 6.54 Å². The van der Waals surface area contributed by atoms with E-state index in [1.54, 1.807) is 18.2 Å². The maximum atomic E-state index is 11.5. The van der Waals surface area contributed by atoms with Gasteiger partial charge in [0, 0.05) is 25.2 Å². The molecule has 18 heavy (non-hydrogen) atoms. The zero-order valence-corrected chi connectivity index (χ0v) is 9.91. The highest BCUT2D eigenvalue weighted by Crippen LogP contribution is 2.14. The Morgan fingerprint density at radius 2 is 2.28 bits per heavy atom. The van der Waals surface area contributed by atoms with Crippen LogP contribution in [0.5, 0.6) is 0 Å². The van der Waals surface area contributed by atoms with Gasteiger partial charge in [0.25, 0.3) is 5.69 Å². The maximum Gasteiger partial charge on any atom is 0.269 e. The first-order valence-corrected chi connectivity index (χ1v) is 5.40. The molecule has 6 nitrogen and oxygen atoms in total. The molecule has 0 heterocycles. The third-order valence-corrected chi connectivity index (χ3v) is 2.37. The quantitative estimate of drug-likeness (QED) is 0.464. The molecule has 0 saturated heterocycles. The zero-order valence-electron chi connectivity index (χ0n) is 9.91. The zero-order chi connectivity index (χ0) is 13.5. The number of non-ortho nitro benzene ring substituents is 1. The van der Waals surface area contributed by atoms with Crippen LogP contribution in [0.15, 0.2) is 36.9 Å². The summed E-state index contributed by atoms with van der Waals surface area (Å²) < 4.78 is 0. The molecule has 0 radical (unpaired) electrons. The molecule has 0 unspecified atom stereocenters. The standard InChI is InChI=1S/C12H15N3O3/c1-2-6-14(12(16)8-13)9-10-4-3-5-11(7-10)15(17)18/h2-5,7H,1,6,8-9,13H2. The molecule has 0 aliphatic heterocycles. The molecule has 0 saturated carbocycles. The molecule has 0 fully saturated rings. The topological polar surface area (TPSA) is 89.5 Å². The lowest BCUT2D eigenvalue weighted by Gasteiger charge is -2.20. The van der Waals surface area contributed by atoms with E-state index in [2.05, 4.69) is 6.58 Å². The number of nitro benzene ring substituents is 1. The predicted octanol–water partition coefficient (Wildman–Crippen LogP) is 1.07. The van der Waals surface area contributed by atoms with Crippen molar-refractivity contribution in [1.29, 1.82) is 0 Å². The summed E-state index contributed by atoms with van der Waals surface area (Å²) in [7, 11) is 0. The van der Waals surface area contributed by atoms with Crippen molar-refractivity contribution in [2.24, 2.45) is 5.73 Å².